The Hall–Kier alpha value is -2.83. The van der Waals surface area contributed by atoms with Crippen LogP contribution in [-0.2, 0) is 10.2 Å². The van der Waals surface area contributed by atoms with Crippen LogP contribution in [0.15, 0.2) is 42.5 Å². The minimum Gasteiger partial charge on any atom is -0.325 e. The minimum atomic E-state index is -0.963. The zero-order valence-electron chi connectivity index (χ0n) is 12.6. The molecule has 124 valence electrons. The average Bonchev–Trinajstić information content (AvgIpc) is 2.49. The molecule has 24 heavy (non-hydrogen) atoms. The number of hydrogen-bond donors (Lipinski definition) is 1. The maximum Gasteiger partial charge on any atom is 0.306 e. The number of amides is 1. The van der Waals surface area contributed by atoms with Gasteiger partial charge in [0.25, 0.3) is 0 Å². The zero-order chi connectivity index (χ0) is 17.3. The number of hydrogen-bond acceptors (Lipinski definition) is 3. The van der Waals surface area contributed by atoms with Gasteiger partial charge >= 0.3 is 5.69 Å². The summed E-state index contributed by atoms with van der Waals surface area (Å²) >= 11 is 0. The number of anilines is 1. The van der Waals surface area contributed by atoms with Crippen LogP contribution in [0.1, 0.15) is 24.8 Å². The first-order chi connectivity index (χ1) is 11.4. The quantitative estimate of drug-likeness (QED) is 0.681. The Balaban J connectivity index is 1.87. The van der Waals surface area contributed by atoms with Crippen LogP contribution >= 0.6 is 0 Å². The number of nitro benzene ring substituents is 1. The summed E-state index contributed by atoms with van der Waals surface area (Å²) in [4.78, 5) is 22.7. The van der Waals surface area contributed by atoms with E-state index < -0.39 is 21.8 Å². The van der Waals surface area contributed by atoms with E-state index in [1.165, 1.54) is 18.2 Å². The molecule has 0 radical (unpaired) electrons. The van der Waals surface area contributed by atoms with E-state index in [2.05, 4.69) is 5.32 Å². The SMILES string of the molecule is O=C(Nc1ccc(F)c([N+](=O)[O-])c1)C1(c2ccc(F)cc2)CCC1. The zero-order valence-corrected chi connectivity index (χ0v) is 12.6. The highest BCUT2D eigenvalue weighted by atomic mass is 19.1. The second-order valence-electron chi connectivity index (χ2n) is 5.82. The van der Waals surface area contributed by atoms with Crippen molar-refractivity contribution in [2.45, 2.75) is 24.7 Å². The van der Waals surface area contributed by atoms with Gasteiger partial charge in [-0.1, -0.05) is 18.6 Å². The third kappa shape index (κ3) is 2.73. The van der Waals surface area contributed by atoms with Crippen LogP contribution in [0, 0.1) is 21.7 Å². The molecule has 1 saturated carbocycles. The molecule has 1 amide bonds. The molecule has 0 atom stereocenters. The van der Waals surface area contributed by atoms with Crippen LogP contribution in [0.2, 0.25) is 0 Å². The van der Waals surface area contributed by atoms with Crippen LogP contribution in [-0.4, -0.2) is 10.8 Å². The molecule has 3 rings (SSSR count). The van der Waals surface area contributed by atoms with Crippen molar-refractivity contribution in [2.24, 2.45) is 0 Å². The molecule has 1 fully saturated rings. The van der Waals surface area contributed by atoms with E-state index in [9.17, 15) is 23.7 Å². The highest BCUT2D eigenvalue weighted by molar-refractivity contribution is 6.00. The fourth-order valence-electron chi connectivity index (χ4n) is 2.93. The number of nitro groups is 1. The molecule has 0 aliphatic heterocycles. The summed E-state index contributed by atoms with van der Waals surface area (Å²) in [6.45, 7) is 0. The maximum absolute atomic E-state index is 13.4. The molecule has 0 aromatic heterocycles. The number of nitrogens with zero attached hydrogens (tertiary/aromatic N) is 1. The van der Waals surface area contributed by atoms with Crippen LogP contribution < -0.4 is 5.32 Å². The first kappa shape index (κ1) is 16.0. The Labute approximate surface area is 136 Å². The van der Waals surface area contributed by atoms with Crippen molar-refractivity contribution in [3.05, 3.63) is 69.8 Å². The topological polar surface area (TPSA) is 72.2 Å². The van der Waals surface area contributed by atoms with Gasteiger partial charge in [-0.2, -0.15) is 4.39 Å². The van der Waals surface area contributed by atoms with E-state index in [4.69, 9.17) is 0 Å². The number of carbonyl (C=O) groups is 1. The van der Waals surface area contributed by atoms with Crippen molar-refractivity contribution in [3.63, 3.8) is 0 Å². The number of nitrogens with one attached hydrogen (secondary N) is 1. The highest BCUT2D eigenvalue weighted by Crippen LogP contribution is 2.44. The summed E-state index contributed by atoms with van der Waals surface area (Å²) in [5.41, 5.74) is -0.625. The van der Waals surface area contributed by atoms with E-state index >= 15 is 0 Å². The smallest absolute Gasteiger partial charge is 0.306 e. The van der Waals surface area contributed by atoms with Gasteiger partial charge in [-0.25, -0.2) is 4.39 Å². The molecule has 0 unspecified atom stereocenters. The lowest BCUT2D eigenvalue weighted by Gasteiger charge is -2.40. The molecule has 7 heteroatoms. The van der Waals surface area contributed by atoms with E-state index in [1.807, 2.05) is 0 Å². The number of halogens is 2. The van der Waals surface area contributed by atoms with Crippen LogP contribution in [0.25, 0.3) is 0 Å². The predicted molar refractivity (Wildman–Crippen MR) is 83.6 cm³/mol. The van der Waals surface area contributed by atoms with Gasteiger partial charge in [-0.05, 0) is 42.7 Å². The summed E-state index contributed by atoms with van der Waals surface area (Å²) < 4.78 is 26.5. The second-order valence-corrected chi connectivity index (χ2v) is 5.82. The molecule has 5 nitrogen and oxygen atoms in total. The standard InChI is InChI=1S/C17H14F2N2O3/c18-12-4-2-11(3-5-12)17(8-1-9-17)16(22)20-13-6-7-14(19)15(10-13)21(23)24/h2-7,10H,1,8-9H2,(H,20,22). The van der Waals surface area contributed by atoms with Crippen molar-refractivity contribution in [2.75, 3.05) is 5.32 Å². The molecule has 0 saturated heterocycles. The largest absolute Gasteiger partial charge is 0.325 e. The van der Waals surface area contributed by atoms with Crippen LogP contribution in [0.5, 0.6) is 0 Å². The molecule has 1 aliphatic rings. The van der Waals surface area contributed by atoms with Crippen molar-refractivity contribution < 1.29 is 18.5 Å². The lowest BCUT2D eigenvalue weighted by Crippen LogP contribution is -2.46. The molecule has 2 aromatic carbocycles. The van der Waals surface area contributed by atoms with E-state index in [1.54, 1.807) is 12.1 Å². The predicted octanol–water partition coefficient (Wildman–Crippen LogP) is 3.93. The summed E-state index contributed by atoms with van der Waals surface area (Å²) in [5.74, 6) is -1.68. The summed E-state index contributed by atoms with van der Waals surface area (Å²) in [6, 6.07) is 8.94. The molecular formula is C17H14F2N2O3. The average molecular weight is 332 g/mol. The lowest BCUT2D eigenvalue weighted by molar-refractivity contribution is -0.387. The lowest BCUT2D eigenvalue weighted by atomic mass is 9.64. The molecule has 0 bridgehead atoms. The fourth-order valence-corrected chi connectivity index (χ4v) is 2.93. The molecule has 0 heterocycles. The first-order valence-electron chi connectivity index (χ1n) is 7.44. The molecule has 1 N–H and O–H groups in total. The number of rotatable bonds is 4. The van der Waals surface area contributed by atoms with Crippen LogP contribution in [0.4, 0.5) is 20.2 Å². The van der Waals surface area contributed by atoms with Gasteiger partial charge in [0.1, 0.15) is 5.82 Å². The summed E-state index contributed by atoms with van der Waals surface area (Å²) in [6.07, 6.45) is 2.07. The van der Waals surface area contributed by atoms with Crippen molar-refractivity contribution in [1.29, 1.82) is 0 Å². The Morgan fingerprint density at radius 1 is 1.12 bits per heavy atom. The Kier molecular flexibility index (Phi) is 4.01. The van der Waals surface area contributed by atoms with Gasteiger partial charge in [-0.3, -0.25) is 14.9 Å². The van der Waals surface area contributed by atoms with Crippen LogP contribution in [0.3, 0.4) is 0 Å². The van der Waals surface area contributed by atoms with E-state index in [-0.39, 0.29) is 17.4 Å². The van der Waals surface area contributed by atoms with Gasteiger partial charge in [0, 0.05) is 11.8 Å². The summed E-state index contributed by atoms with van der Waals surface area (Å²) in [5, 5.41) is 13.4. The maximum atomic E-state index is 13.4. The number of benzene rings is 2. The first-order valence-corrected chi connectivity index (χ1v) is 7.44. The Bertz CT molecular complexity index is 802. The van der Waals surface area contributed by atoms with Gasteiger partial charge in [0.2, 0.25) is 11.7 Å². The number of carbonyl (C=O) groups excluding carboxylic acids is 1. The summed E-state index contributed by atoms with van der Waals surface area (Å²) in [7, 11) is 0. The third-order valence-electron chi connectivity index (χ3n) is 4.44. The van der Waals surface area contributed by atoms with Gasteiger partial charge < -0.3 is 5.32 Å². The van der Waals surface area contributed by atoms with E-state index in [0.717, 1.165) is 18.6 Å². The Morgan fingerprint density at radius 3 is 2.33 bits per heavy atom. The van der Waals surface area contributed by atoms with Crippen molar-refractivity contribution >= 4 is 17.3 Å². The second kappa shape index (κ2) is 5.99. The van der Waals surface area contributed by atoms with Gasteiger partial charge in [-0.15, -0.1) is 0 Å². The fraction of sp³-hybridized carbons (Fsp3) is 0.235. The minimum absolute atomic E-state index is 0.154. The monoisotopic (exact) mass is 332 g/mol. The molecule has 0 spiro atoms. The Morgan fingerprint density at radius 2 is 1.79 bits per heavy atom. The van der Waals surface area contributed by atoms with Gasteiger partial charge in [0.05, 0.1) is 10.3 Å². The van der Waals surface area contributed by atoms with Gasteiger partial charge in [0.15, 0.2) is 0 Å². The van der Waals surface area contributed by atoms with E-state index in [0.29, 0.717) is 18.4 Å². The third-order valence-corrected chi connectivity index (χ3v) is 4.44. The van der Waals surface area contributed by atoms with Crippen molar-refractivity contribution in [1.82, 2.24) is 0 Å². The molecule has 1 aliphatic carbocycles. The van der Waals surface area contributed by atoms with Crippen molar-refractivity contribution in [3.8, 4) is 0 Å². The highest BCUT2D eigenvalue weighted by Gasteiger charge is 2.45. The normalized spacial score (nSPS) is 15.4. The molecule has 2 aromatic rings. The molecular weight excluding hydrogens is 318 g/mol.